The van der Waals surface area contributed by atoms with E-state index in [2.05, 4.69) is 15.2 Å². The van der Waals surface area contributed by atoms with Gasteiger partial charge in [-0.2, -0.15) is 0 Å². The Hall–Kier alpha value is -3.44. The summed E-state index contributed by atoms with van der Waals surface area (Å²) in [5.74, 6) is -1.21. The molecule has 32 heavy (non-hydrogen) atoms. The number of carboxylic acid groups (broad SMARTS) is 1. The first-order chi connectivity index (χ1) is 15.5. The number of amides is 1. The number of carbonyl (C=O) groups excluding carboxylic acids is 1. The summed E-state index contributed by atoms with van der Waals surface area (Å²) in [7, 11) is 2.87. The highest BCUT2D eigenvalue weighted by atomic mass is 32.1. The first-order valence-electron chi connectivity index (χ1n) is 9.92. The maximum Gasteiger partial charge on any atom is 0.338 e. The fraction of sp³-hybridized carbons (Fsp3) is 0.333. The van der Waals surface area contributed by atoms with Crippen molar-refractivity contribution in [3.8, 4) is 11.6 Å². The summed E-state index contributed by atoms with van der Waals surface area (Å²) in [6.07, 6.45) is 2.33. The topological polar surface area (TPSA) is 123 Å². The van der Waals surface area contributed by atoms with Crippen molar-refractivity contribution in [3.05, 3.63) is 35.5 Å². The number of carbonyl (C=O) groups is 2. The van der Waals surface area contributed by atoms with E-state index in [1.807, 2.05) is 6.07 Å². The molecule has 1 aromatic carbocycles. The number of fused-ring (bicyclic) bond motifs is 3. The van der Waals surface area contributed by atoms with Crippen LogP contribution in [0.2, 0.25) is 0 Å². The Bertz CT molecular complexity index is 1210. The van der Waals surface area contributed by atoms with Crippen LogP contribution >= 0.6 is 11.3 Å². The number of hydrogen-bond acceptors (Lipinski definition) is 9. The van der Waals surface area contributed by atoms with Gasteiger partial charge in [0.05, 0.1) is 67.2 Å². The van der Waals surface area contributed by atoms with Crippen molar-refractivity contribution in [3.63, 3.8) is 0 Å². The summed E-state index contributed by atoms with van der Waals surface area (Å²) in [6, 6.07) is 5.36. The van der Waals surface area contributed by atoms with Gasteiger partial charge < -0.3 is 29.5 Å². The molecule has 2 aromatic heterocycles. The van der Waals surface area contributed by atoms with E-state index in [0.717, 1.165) is 11.6 Å². The highest BCUT2D eigenvalue weighted by molar-refractivity contribution is 7.22. The molecule has 0 spiro atoms. The van der Waals surface area contributed by atoms with Crippen LogP contribution in [0.15, 0.2) is 24.4 Å². The third kappa shape index (κ3) is 3.30. The number of benzene rings is 1. The van der Waals surface area contributed by atoms with E-state index in [-0.39, 0.29) is 17.1 Å². The number of aromatic carboxylic acids is 1. The molecule has 5 rings (SSSR count). The molecular weight excluding hydrogens is 436 g/mol. The Morgan fingerprint density at radius 2 is 2.03 bits per heavy atom. The van der Waals surface area contributed by atoms with Gasteiger partial charge in [0.25, 0.3) is 5.91 Å². The molecule has 2 aliphatic heterocycles. The summed E-state index contributed by atoms with van der Waals surface area (Å²) in [6.45, 7) is 1.34. The quantitative estimate of drug-likeness (QED) is 0.576. The second-order valence-corrected chi connectivity index (χ2v) is 8.48. The molecular formula is C21H20N4O6S. The summed E-state index contributed by atoms with van der Waals surface area (Å²) in [5, 5.41) is 13.0. The molecule has 4 heterocycles. The number of rotatable bonds is 6. The number of anilines is 2. The number of nitrogens with one attached hydrogen (secondary N) is 1. The fourth-order valence-electron chi connectivity index (χ4n) is 4.12. The van der Waals surface area contributed by atoms with Crippen LogP contribution in [0.5, 0.6) is 11.6 Å². The van der Waals surface area contributed by atoms with Crippen LogP contribution in [0.4, 0.5) is 10.8 Å². The minimum Gasteiger partial charge on any atom is -0.496 e. The monoisotopic (exact) mass is 456 g/mol. The van der Waals surface area contributed by atoms with Crippen molar-refractivity contribution in [2.24, 2.45) is 0 Å². The first-order valence-corrected chi connectivity index (χ1v) is 10.7. The number of thiazole rings is 1. The van der Waals surface area contributed by atoms with E-state index >= 15 is 0 Å². The maximum atomic E-state index is 13.3. The van der Waals surface area contributed by atoms with E-state index < -0.39 is 11.9 Å². The zero-order chi connectivity index (χ0) is 22.4. The van der Waals surface area contributed by atoms with Gasteiger partial charge in [-0.25, -0.2) is 14.8 Å². The van der Waals surface area contributed by atoms with Gasteiger partial charge in [-0.3, -0.25) is 4.79 Å². The second-order valence-electron chi connectivity index (χ2n) is 7.51. The molecule has 2 N–H and O–H groups in total. The van der Waals surface area contributed by atoms with Crippen LogP contribution in [0.25, 0.3) is 10.2 Å². The van der Waals surface area contributed by atoms with Gasteiger partial charge in [0.2, 0.25) is 5.88 Å². The zero-order valence-electron chi connectivity index (χ0n) is 17.3. The van der Waals surface area contributed by atoms with E-state index in [4.69, 9.17) is 19.2 Å². The number of aromatic nitrogens is 2. The van der Waals surface area contributed by atoms with Crippen LogP contribution in [0, 0.1) is 0 Å². The number of carboxylic acids is 1. The van der Waals surface area contributed by atoms with Crippen LogP contribution < -0.4 is 19.7 Å². The zero-order valence-corrected chi connectivity index (χ0v) is 18.1. The lowest BCUT2D eigenvalue weighted by atomic mass is 9.92. The summed E-state index contributed by atoms with van der Waals surface area (Å²) < 4.78 is 16.7. The molecule has 1 amide bonds. The molecule has 2 unspecified atom stereocenters. The largest absolute Gasteiger partial charge is 0.496 e. The smallest absolute Gasteiger partial charge is 0.338 e. The molecule has 0 aliphatic carbocycles. The minimum absolute atomic E-state index is 0.0570. The fourth-order valence-corrected chi connectivity index (χ4v) is 5.36. The predicted octanol–water partition coefficient (Wildman–Crippen LogP) is 2.64. The third-order valence-electron chi connectivity index (χ3n) is 5.69. The van der Waals surface area contributed by atoms with E-state index in [9.17, 15) is 14.7 Å². The Balaban J connectivity index is 1.53. The van der Waals surface area contributed by atoms with Crippen molar-refractivity contribution in [2.75, 3.05) is 37.7 Å². The summed E-state index contributed by atoms with van der Waals surface area (Å²) in [5.41, 5.74) is 0.896. The maximum absolute atomic E-state index is 13.3. The van der Waals surface area contributed by atoms with Crippen molar-refractivity contribution >= 4 is 44.2 Å². The van der Waals surface area contributed by atoms with E-state index in [1.54, 1.807) is 6.07 Å². The standard InChI is InChI=1S/C21H20N4O6S/c1-29-15-4-3-13-18(32-21(24-13)25-10-5-11(25)9-31-8-10)17(15)19(26)23-14-7-22-16(30-2)6-12(14)20(27)28/h3-4,6-7,10-11H,5,8-9H2,1-2H3,(H,23,26)(H,27,28). The average molecular weight is 456 g/mol. The molecule has 2 bridgehead atoms. The number of methoxy groups -OCH3 is 2. The molecule has 11 heteroatoms. The lowest BCUT2D eigenvalue weighted by Crippen LogP contribution is -2.64. The molecule has 10 nitrogen and oxygen atoms in total. The predicted molar refractivity (Wildman–Crippen MR) is 117 cm³/mol. The number of morpholine rings is 1. The van der Waals surface area contributed by atoms with Gasteiger partial charge >= 0.3 is 5.97 Å². The van der Waals surface area contributed by atoms with Gasteiger partial charge in [-0.1, -0.05) is 11.3 Å². The van der Waals surface area contributed by atoms with Gasteiger partial charge in [-0.05, 0) is 18.6 Å². The highest BCUT2D eigenvalue weighted by Crippen LogP contribution is 2.42. The van der Waals surface area contributed by atoms with E-state index in [0.29, 0.717) is 46.8 Å². The third-order valence-corrected chi connectivity index (χ3v) is 6.80. The second kappa shape index (κ2) is 7.92. The number of pyridine rings is 1. The average Bonchev–Trinajstić information content (AvgIpc) is 3.21. The Morgan fingerprint density at radius 1 is 1.25 bits per heavy atom. The number of hydrogen-bond donors (Lipinski definition) is 2. The minimum atomic E-state index is -1.21. The molecule has 0 radical (unpaired) electrons. The molecule has 166 valence electrons. The lowest BCUT2D eigenvalue weighted by Gasteiger charge is -2.52. The number of ether oxygens (including phenoxy) is 3. The normalized spacial score (nSPS) is 19.4. The molecule has 3 aromatic rings. The van der Waals surface area contributed by atoms with Crippen molar-refractivity contribution in [1.29, 1.82) is 0 Å². The highest BCUT2D eigenvalue weighted by Gasteiger charge is 2.44. The van der Waals surface area contributed by atoms with Gasteiger partial charge in [0.1, 0.15) is 11.3 Å². The lowest BCUT2D eigenvalue weighted by molar-refractivity contribution is 0.0103. The molecule has 2 aliphatic rings. The Kier molecular flexibility index (Phi) is 5.06. The Morgan fingerprint density at radius 3 is 2.69 bits per heavy atom. The van der Waals surface area contributed by atoms with Crippen LogP contribution in [-0.2, 0) is 4.74 Å². The molecule has 0 saturated carbocycles. The van der Waals surface area contributed by atoms with Crippen LogP contribution in [0.1, 0.15) is 27.1 Å². The van der Waals surface area contributed by atoms with Crippen LogP contribution in [0.3, 0.4) is 0 Å². The van der Waals surface area contributed by atoms with Gasteiger partial charge in [0.15, 0.2) is 5.13 Å². The summed E-state index contributed by atoms with van der Waals surface area (Å²) >= 11 is 1.42. The van der Waals surface area contributed by atoms with Crippen LogP contribution in [-0.4, -0.2) is 66.5 Å². The first kappa shape index (κ1) is 20.5. The number of nitrogens with zero attached hydrogens (tertiary/aromatic N) is 3. The Labute approximate surface area is 186 Å². The van der Waals surface area contributed by atoms with Gasteiger partial charge in [0, 0.05) is 6.07 Å². The van der Waals surface area contributed by atoms with E-state index in [1.165, 1.54) is 37.8 Å². The molecule has 2 atom stereocenters. The molecule has 2 saturated heterocycles. The summed E-state index contributed by atoms with van der Waals surface area (Å²) in [4.78, 5) is 36.0. The van der Waals surface area contributed by atoms with Gasteiger partial charge in [-0.15, -0.1) is 0 Å². The van der Waals surface area contributed by atoms with Crippen molar-refractivity contribution < 1.29 is 28.9 Å². The SMILES string of the molecule is COc1cc(C(=O)O)c(NC(=O)c2c(OC)ccc3nc(N4C5COCC4C5)sc23)cn1. The molecule has 2 fully saturated rings. The van der Waals surface area contributed by atoms with Crippen molar-refractivity contribution in [2.45, 2.75) is 18.5 Å². The van der Waals surface area contributed by atoms with Crippen molar-refractivity contribution in [1.82, 2.24) is 9.97 Å².